The molecule has 1 atom stereocenters. The molecule has 0 bridgehead atoms. The molecule has 35 heavy (non-hydrogen) atoms. The van der Waals surface area contributed by atoms with Gasteiger partial charge in [0.25, 0.3) is 5.91 Å². The van der Waals surface area contributed by atoms with Crippen molar-refractivity contribution in [1.82, 2.24) is 20.1 Å². The largest absolute Gasteiger partial charge is 0.361 e. The van der Waals surface area contributed by atoms with E-state index >= 15 is 0 Å². The molecule has 3 aromatic rings. The van der Waals surface area contributed by atoms with Gasteiger partial charge in [0, 0.05) is 36.8 Å². The molecule has 1 aromatic heterocycles. The highest BCUT2D eigenvalue weighted by Crippen LogP contribution is 2.38. The first kappa shape index (κ1) is 22.0. The first-order chi connectivity index (χ1) is 17.0. The summed E-state index contributed by atoms with van der Waals surface area (Å²) in [4.78, 5) is 44.3. The molecule has 3 aliphatic rings. The molecule has 4 heterocycles. The van der Waals surface area contributed by atoms with E-state index in [-0.39, 0.29) is 30.7 Å². The van der Waals surface area contributed by atoms with Crippen molar-refractivity contribution >= 4 is 28.6 Å². The van der Waals surface area contributed by atoms with E-state index in [2.05, 4.69) is 39.5 Å². The van der Waals surface area contributed by atoms with Crippen LogP contribution in [0, 0.1) is 5.82 Å². The van der Waals surface area contributed by atoms with Gasteiger partial charge in [-0.15, -0.1) is 0 Å². The van der Waals surface area contributed by atoms with Crippen LogP contribution in [0.25, 0.3) is 10.9 Å². The van der Waals surface area contributed by atoms with Crippen molar-refractivity contribution in [2.24, 2.45) is 0 Å². The number of halogens is 1. The first-order valence-corrected chi connectivity index (χ1v) is 12.2. The second kappa shape index (κ2) is 8.61. The summed E-state index contributed by atoms with van der Waals surface area (Å²) in [6.45, 7) is 2.91. The SMILES string of the molecule is O=C1CCC(N2Cc3c(cc(F)cc3C3CCN(Cc4cccc5cc[nH]c45)CC3)C2=O)C(=O)N1. The van der Waals surface area contributed by atoms with Gasteiger partial charge in [-0.05, 0) is 78.5 Å². The van der Waals surface area contributed by atoms with Crippen LogP contribution in [-0.4, -0.2) is 51.6 Å². The second-order valence-corrected chi connectivity index (χ2v) is 9.83. The Morgan fingerprint density at radius 1 is 1.03 bits per heavy atom. The molecule has 3 amide bonds. The van der Waals surface area contributed by atoms with Gasteiger partial charge >= 0.3 is 0 Å². The zero-order valence-electron chi connectivity index (χ0n) is 19.4. The molecule has 3 aliphatic heterocycles. The van der Waals surface area contributed by atoms with Crippen molar-refractivity contribution in [3.8, 4) is 0 Å². The van der Waals surface area contributed by atoms with E-state index in [1.54, 1.807) is 6.07 Å². The summed E-state index contributed by atoms with van der Waals surface area (Å²) in [5.41, 5.74) is 4.50. The predicted molar refractivity (Wildman–Crippen MR) is 128 cm³/mol. The van der Waals surface area contributed by atoms with Crippen molar-refractivity contribution in [2.45, 2.75) is 50.7 Å². The average Bonchev–Trinajstić information content (AvgIpc) is 3.45. The maximum atomic E-state index is 14.6. The third-order valence-corrected chi connectivity index (χ3v) is 7.75. The number of hydrogen-bond acceptors (Lipinski definition) is 4. The van der Waals surface area contributed by atoms with Crippen LogP contribution in [0.4, 0.5) is 4.39 Å². The zero-order valence-corrected chi connectivity index (χ0v) is 19.4. The summed E-state index contributed by atoms with van der Waals surface area (Å²) in [5.74, 6) is -1.35. The number of amides is 3. The number of H-pyrrole nitrogens is 1. The number of rotatable bonds is 4. The molecule has 0 radical (unpaired) electrons. The fourth-order valence-electron chi connectivity index (χ4n) is 5.94. The number of nitrogens with one attached hydrogen (secondary N) is 2. The number of aromatic amines is 1. The Kier molecular flexibility index (Phi) is 5.40. The fraction of sp³-hybridized carbons (Fsp3) is 0.370. The highest BCUT2D eigenvalue weighted by atomic mass is 19.1. The number of fused-ring (bicyclic) bond motifs is 2. The van der Waals surface area contributed by atoms with Gasteiger partial charge < -0.3 is 9.88 Å². The second-order valence-electron chi connectivity index (χ2n) is 9.83. The maximum absolute atomic E-state index is 14.6. The number of carbonyl (C=O) groups excluding carboxylic acids is 3. The van der Waals surface area contributed by atoms with Crippen molar-refractivity contribution < 1.29 is 18.8 Å². The number of para-hydroxylation sites is 1. The smallest absolute Gasteiger partial charge is 0.255 e. The van der Waals surface area contributed by atoms with Crippen LogP contribution in [0.3, 0.4) is 0 Å². The quantitative estimate of drug-likeness (QED) is 0.568. The maximum Gasteiger partial charge on any atom is 0.255 e. The monoisotopic (exact) mass is 474 g/mol. The summed E-state index contributed by atoms with van der Waals surface area (Å²) in [6, 6.07) is 10.6. The molecular formula is C27H27FN4O3. The molecule has 0 spiro atoms. The van der Waals surface area contributed by atoms with Crippen molar-refractivity contribution in [1.29, 1.82) is 0 Å². The molecule has 2 saturated heterocycles. The number of aromatic nitrogens is 1. The van der Waals surface area contributed by atoms with E-state index in [1.807, 2.05) is 6.20 Å². The molecule has 2 fully saturated rings. The van der Waals surface area contributed by atoms with E-state index in [9.17, 15) is 18.8 Å². The first-order valence-electron chi connectivity index (χ1n) is 12.2. The van der Waals surface area contributed by atoms with Crippen LogP contribution in [-0.2, 0) is 22.7 Å². The molecule has 6 rings (SSSR count). The molecule has 2 N–H and O–H groups in total. The summed E-state index contributed by atoms with van der Waals surface area (Å²) < 4.78 is 14.6. The average molecular weight is 475 g/mol. The number of nitrogens with zero attached hydrogens (tertiary/aromatic N) is 2. The Morgan fingerprint density at radius 2 is 1.86 bits per heavy atom. The lowest BCUT2D eigenvalue weighted by Gasteiger charge is -2.33. The summed E-state index contributed by atoms with van der Waals surface area (Å²) in [7, 11) is 0. The molecular weight excluding hydrogens is 447 g/mol. The minimum absolute atomic E-state index is 0.159. The highest BCUT2D eigenvalue weighted by molar-refractivity contribution is 6.05. The van der Waals surface area contributed by atoms with Crippen LogP contribution in [0.2, 0.25) is 0 Å². The number of piperidine rings is 2. The molecule has 8 heteroatoms. The van der Waals surface area contributed by atoms with Crippen molar-refractivity contribution in [3.05, 3.63) is 70.7 Å². The molecule has 7 nitrogen and oxygen atoms in total. The summed E-state index contributed by atoms with van der Waals surface area (Å²) >= 11 is 0. The lowest BCUT2D eigenvalue weighted by molar-refractivity contribution is -0.136. The number of benzene rings is 2. The van der Waals surface area contributed by atoms with Crippen LogP contribution in [0.15, 0.2) is 42.6 Å². The normalized spacial score (nSPS) is 21.6. The third-order valence-electron chi connectivity index (χ3n) is 7.75. The van der Waals surface area contributed by atoms with Crippen LogP contribution < -0.4 is 5.32 Å². The summed E-state index contributed by atoms with van der Waals surface area (Å²) in [6.07, 6.45) is 4.22. The minimum Gasteiger partial charge on any atom is -0.361 e. The van der Waals surface area contributed by atoms with Gasteiger partial charge in [0.05, 0.1) is 0 Å². The molecule has 2 aromatic carbocycles. The minimum atomic E-state index is -0.693. The van der Waals surface area contributed by atoms with Gasteiger partial charge in [-0.25, -0.2) is 4.39 Å². The van der Waals surface area contributed by atoms with Crippen LogP contribution in [0.5, 0.6) is 0 Å². The fourth-order valence-corrected chi connectivity index (χ4v) is 5.94. The van der Waals surface area contributed by atoms with Gasteiger partial charge in [-0.2, -0.15) is 0 Å². The Bertz CT molecular complexity index is 1340. The van der Waals surface area contributed by atoms with E-state index in [0.29, 0.717) is 12.0 Å². The topological polar surface area (TPSA) is 85.5 Å². The van der Waals surface area contributed by atoms with E-state index < -0.39 is 17.8 Å². The lowest BCUT2D eigenvalue weighted by Crippen LogP contribution is -2.52. The zero-order chi connectivity index (χ0) is 24.1. The molecule has 0 saturated carbocycles. The van der Waals surface area contributed by atoms with E-state index in [0.717, 1.165) is 43.6 Å². The van der Waals surface area contributed by atoms with Crippen LogP contribution >= 0.6 is 0 Å². The van der Waals surface area contributed by atoms with Crippen molar-refractivity contribution in [2.75, 3.05) is 13.1 Å². The van der Waals surface area contributed by atoms with E-state index in [1.165, 1.54) is 27.4 Å². The van der Waals surface area contributed by atoms with Gasteiger partial charge in [-0.3, -0.25) is 24.6 Å². The van der Waals surface area contributed by atoms with Gasteiger partial charge in [0.1, 0.15) is 11.9 Å². The summed E-state index contributed by atoms with van der Waals surface area (Å²) in [5, 5.41) is 3.53. The Hall–Kier alpha value is -3.52. The molecule has 180 valence electrons. The van der Waals surface area contributed by atoms with Gasteiger partial charge in [0.15, 0.2) is 0 Å². The van der Waals surface area contributed by atoms with Crippen LogP contribution in [0.1, 0.15) is 58.6 Å². The van der Waals surface area contributed by atoms with Crippen molar-refractivity contribution in [3.63, 3.8) is 0 Å². The molecule has 1 unspecified atom stereocenters. The lowest BCUT2D eigenvalue weighted by atomic mass is 9.85. The van der Waals surface area contributed by atoms with E-state index in [4.69, 9.17) is 0 Å². The third kappa shape index (κ3) is 3.91. The van der Waals surface area contributed by atoms with Gasteiger partial charge in [-0.1, -0.05) is 18.2 Å². The Morgan fingerprint density at radius 3 is 2.66 bits per heavy atom. The molecule has 0 aliphatic carbocycles. The number of carbonyl (C=O) groups is 3. The number of imide groups is 1. The highest BCUT2D eigenvalue weighted by Gasteiger charge is 2.41. The number of hydrogen-bond donors (Lipinski definition) is 2. The predicted octanol–water partition coefficient (Wildman–Crippen LogP) is 3.45. The standard InChI is InChI=1S/C27H27FN4O3/c28-19-12-20(22-15-32(27(35)21(22)13-19)23-4-5-24(33)30-26(23)34)16-7-10-31(11-8-16)14-18-3-1-2-17-6-9-29-25(17)18/h1-3,6,9,12-13,16,23,29H,4-5,7-8,10-11,14-15H2,(H,30,33,34). The Labute approximate surface area is 202 Å². The number of likely N-dealkylation sites (tertiary alicyclic amines) is 1. The van der Waals surface area contributed by atoms with Gasteiger partial charge in [0.2, 0.25) is 11.8 Å². The Balaban J connectivity index is 1.19.